The summed E-state index contributed by atoms with van der Waals surface area (Å²) >= 11 is 2.29. The third kappa shape index (κ3) is 16.6. The highest BCUT2D eigenvalue weighted by molar-refractivity contribution is 14.1. The molecule has 0 spiro atoms. The van der Waals surface area contributed by atoms with Crippen molar-refractivity contribution in [3.8, 4) is 0 Å². The Morgan fingerprint density at radius 2 is 1.06 bits per heavy atom. The molecule has 5 heteroatoms. The van der Waals surface area contributed by atoms with Gasteiger partial charge in [-0.25, -0.2) is 0 Å². The number of hydrogen-bond donors (Lipinski definition) is 0. The Balaban J connectivity index is 2.85. The van der Waals surface area contributed by atoms with E-state index in [0.717, 1.165) is 24.1 Å². The van der Waals surface area contributed by atoms with Crippen LogP contribution in [0.3, 0.4) is 0 Å². The summed E-state index contributed by atoms with van der Waals surface area (Å²) in [6, 6.07) is 0. The first-order valence-corrected chi connectivity index (χ1v) is 7.81. The lowest BCUT2D eigenvalue weighted by molar-refractivity contribution is -0.000342. The van der Waals surface area contributed by atoms with Gasteiger partial charge in [0.15, 0.2) is 0 Å². The average Bonchev–Trinajstić information content (AvgIpc) is 2.35. The minimum Gasteiger partial charge on any atom is -0.379 e. The van der Waals surface area contributed by atoms with Gasteiger partial charge in [0, 0.05) is 11.0 Å². The van der Waals surface area contributed by atoms with E-state index in [1.165, 1.54) is 6.42 Å². The molecule has 0 rings (SSSR count). The van der Waals surface area contributed by atoms with Crippen molar-refractivity contribution in [2.24, 2.45) is 0 Å². The monoisotopic (exact) mass is 360 g/mol. The van der Waals surface area contributed by atoms with Crippen molar-refractivity contribution in [2.75, 3.05) is 57.3 Å². The Labute approximate surface area is 118 Å². The fourth-order valence-corrected chi connectivity index (χ4v) is 1.37. The van der Waals surface area contributed by atoms with E-state index in [1.54, 1.807) is 0 Å². The predicted octanol–water partition coefficient (Wildman–Crippen LogP) is 2.29. The number of unbranched alkanes of at least 4 members (excludes halogenated alkanes) is 1. The zero-order valence-corrected chi connectivity index (χ0v) is 12.9. The van der Waals surface area contributed by atoms with Gasteiger partial charge >= 0.3 is 0 Å². The Hall–Kier alpha value is 0.570. The molecule has 0 fully saturated rings. The van der Waals surface area contributed by atoms with Gasteiger partial charge in [-0.2, -0.15) is 0 Å². The van der Waals surface area contributed by atoms with Gasteiger partial charge in [-0.05, 0) is 6.42 Å². The van der Waals surface area contributed by atoms with Gasteiger partial charge in [0.2, 0.25) is 0 Å². The third-order valence-electron chi connectivity index (χ3n) is 1.98. The van der Waals surface area contributed by atoms with Crippen LogP contribution in [-0.4, -0.2) is 57.3 Å². The second kappa shape index (κ2) is 16.6. The van der Waals surface area contributed by atoms with Crippen LogP contribution < -0.4 is 0 Å². The summed E-state index contributed by atoms with van der Waals surface area (Å²) < 4.78 is 22.3. The van der Waals surface area contributed by atoms with E-state index in [0.29, 0.717) is 39.6 Å². The van der Waals surface area contributed by atoms with Crippen molar-refractivity contribution in [1.82, 2.24) is 0 Å². The van der Waals surface area contributed by atoms with E-state index in [4.69, 9.17) is 18.9 Å². The van der Waals surface area contributed by atoms with Crippen LogP contribution in [0.2, 0.25) is 0 Å². The van der Waals surface area contributed by atoms with Crippen LogP contribution in [0.4, 0.5) is 0 Å². The molecule has 0 aromatic rings. The summed E-state index contributed by atoms with van der Waals surface area (Å²) in [7, 11) is 0. The number of rotatable bonds is 14. The number of ether oxygens (including phenoxy) is 4. The molecule has 104 valence electrons. The van der Waals surface area contributed by atoms with Crippen LogP contribution in [0.1, 0.15) is 19.8 Å². The molecule has 0 aliphatic carbocycles. The van der Waals surface area contributed by atoms with Crippen LogP contribution in [0, 0.1) is 0 Å². The second-order valence-electron chi connectivity index (χ2n) is 3.49. The first kappa shape index (κ1) is 17.6. The van der Waals surface area contributed by atoms with Gasteiger partial charge in [0.05, 0.1) is 46.2 Å². The maximum atomic E-state index is 5.36. The predicted molar refractivity (Wildman–Crippen MR) is 77.1 cm³/mol. The second-order valence-corrected chi connectivity index (χ2v) is 4.57. The molecule has 0 saturated heterocycles. The molecule has 0 unspecified atom stereocenters. The summed E-state index contributed by atoms with van der Waals surface area (Å²) in [5, 5.41) is 0. The van der Waals surface area contributed by atoms with Crippen LogP contribution in [-0.2, 0) is 18.9 Å². The molecule has 17 heavy (non-hydrogen) atoms. The van der Waals surface area contributed by atoms with Crippen molar-refractivity contribution < 1.29 is 18.9 Å². The molecule has 0 aliphatic heterocycles. The van der Waals surface area contributed by atoms with E-state index in [2.05, 4.69) is 29.5 Å². The smallest absolute Gasteiger partial charge is 0.0701 e. The number of alkyl halides is 1. The fraction of sp³-hybridized carbons (Fsp3) is 1.00. The third-order valence-corrected chi connectivity index (χ3v) is 2.42. The lowest BCUT2D eigenvalue weighted by Gasteiger charge is -2.06. The number of halogens is 1. The topological polar surface area (TPSA) is 36.9 Å². The Morgan fingerprint density at radius 3 is 1.47 bits per heavy atom. The molecule has 0 aromatic heterocycles. The molecule has 0 bridgehead atoms. The highest BCUT2D eigenvalue weighted by Gasteiger charge is 1.92. The molecule has 0 heterocycles. The molecular formula is C12H25IO4. The van der Waals surface area contributed by atoms with Crippen molar-refractivity contribution in [2.45, 2.75) is 19.8 Å². The van der Waals surface area contributed by atoms with Crippen molar-refractivity contribution in [1.29, 1.82) is 0 Å². The molecule has 0 aliphatic rings. The van der Waals surface area contributed by atoms with Gasteiger partial charge < -0.3 is 18.9 Å². The van der Waals surface area contributed by atoms with Crippen molar-refractivity contribution in [3.05, 3.63) is 0 Å². The molecule has 0 saturated carbocycles. The highest BCUT2D eigenvalue weighted by Crippen LogP contribution is 1.88. The lowest BCUT2D eigenvalue weighted by atomic mass is 10.4. The average molecular weight is 360 g/mol. The summed E-state index contributed by atoms with van der Waals surface area (Å²) in [5.41, 5.74) is 0. The Bertz CT molecular complexity index is 122. The zero-order valence-electron chi connectivity index (χ0n) is 10.8. The summed E-state index contributed by atoms with van der Waals surface area (Å²) in [5.74, 6) is 0. The normalized spacial score (nSPS) is 10.9. The van der Waals surface area contributed by atoms with E-state index < -0.39 is 0 Å². The van der Waals surface area contributed by atoms with E-state index >= 15 is 0 Å². The van der Waals surface area contributed by atoms with E-state index in [-0.39, 0.29) is 0 Å². The molecule has 0 aromatic carbocycles. The molecule has 4 nitrogen and oxygen atoms in total. The standard InChI is InChI=1S/C12H25IO4/c1-2-3-5-14-7-9-16-11-12-17-10-8-15-6-4-13/h2-12H2,1H3. The Kier molecular flexibility index (Phi) is 17.1. The largest absolute Gasteiger partial charge is 0.379 e. The molecule has 0 amide bonds. The van der Waals surface area contributed by atoms with Gasteiger partial charge in [-0.15, -0.1) is 0 Å². The highest BCUT2D eigenvalue weighted by atomic mass is 127. The maximum absolute atomic E-state index is 5.36. The Morgan fingerprint density at radius 1 is 0.647 bits per heavy atom. The first-order valence-electron chi connectivity index (χ1n) is 6.28. The number of hydrogen-bond acceptors (Lipinski definition) is 4. The summed E-state index contributed by atoms with van der Waals surface area (Å²) in [4.78, 5) is 0. The first-order chi connectivity index (χ1) is 8.41. The quantitative estimate of drug-likeness (QED) is 0.271. The van der Waals surface area contributed by atoms with E-state index in [9.17, 15) is 0 Å². The summed E-state index contributed by atoms with van der Waals surface area (Å²) in [6.07, 6.45) is 2.30. The zero-order chi connectivity index (χ0) is 12.6. The van der Waals surface area contributed by atoms with Crippen LogP contribution in [0.5, 0.6) is 0 Å². The molecule has 0 atom stereocenters. The SMILES string of the molecule is CCCCOCCOCCOCCOCCI. The van der Waals surface area contributed by atoms with Gasteiger partial charge in [-0.3, -0.25) is 0 Å². The van der Waals surface area contributed by atoms with Crippen molar-refractivity contribution >= 4 is 22.6 Å². The summed E-state index contributed by atoms with van der Waals surface area (Å²) in [6.45, 7) is 7.69. The lowest BCUT2D eigenvalue weighted by Crippen LogP contribution is -2.12. The van der Waals surface area contributed by atoms with Crippen molar-refractivity contribution in [3.63, 3.8) is 0 Å². The van der Waals surface area contributed by atoms with Gasteiger partial charge in [-0.1, -0.05) is 35.9 Å². The van der Waals surface area contributed by atoms with Crippen LogP contribution in [0.15, 0.2) is 0 Å². The maximum Gasteiger partial charge on any atom is 0.0701 e. The fourth-order valence-electron chi connectivity index (χ4n) is 1.06. The minimum absolute atomic E-state index is 0.628. The van der Waals surface area contributed by atoms with Crippen LogP contribution in [0.25, 0.3) is 0 Å². The minimum atomic E-state index is 0.628. The van der Waals surface area contributed by atoms with E-state index in [1.807, 2.05) is 0 Å². The molecular weight excluding hydrogens is 335 g/mol. The molecule has 0 radical (unpaired) electrons. The van der Waals surface area contributed by atoms with Gasteiger partial charge in [0.1, 0.15) is 0 Å². The van der Waals surface area contributed by atoms with Gasteiger partial charge in [0.25, 0.3) is 0 Å². The molecule has 0 N–H and O–H groups in total. The van der Waals surface area contributed by atoms with Crippen LogP contribution >= 0.6 is 22.6 Å².